The Hall–Kier alpha value is -1.03. The largest absolute Gasteiger partial charge is 0.496 e. The van der Waals surface area contributed by atoms with E-state index in [0.29, 0.717) is 12.8 Å². The second-order valence-corrected chi connectivity index (χ2v) is 4.51. The molecule has 3 nitrogen and oxygen atoms in total. The molecule has 0 aromatic heterocycles. The van der Waals surface area contributed by atoms with E-state index < -0.39 is 5.97 Å². The molecule has 0 saturated heterocycles. The van der Waals surface area contributed by atoms with Crippen molar-refractivity contribution in [3.05, 3.63) is 27.7 Å². The molecule has 1 N–H and O–H groups in total. The van der Waals surface area contributed by atoms with Crippen molar-refractivity contribution < 1.29 is 14.6 Å². The van der Waals surface area contributed by atoms with Gasteiger partial charge in [0, 0.05) is 10.9 Å². The highest BCUT2D eigenvalue weighted by Crippen LogP contribution is 2.27. The van der Waals surface area contributed by atoms with Gasteiger partial charge in [0.15, 0.2) is 0 Å². The third-order valence-corrected chi connectivity index (χ3v) is 3.25. The number of hydrogen-bond acceptors (Lipinski definition) is 2. The Bertz CT molecular complexity index is 388. The van der Waals surface area contributed by atoms with E-state index in [1.54, 1.807) is 7.11 Å². The first-order valence-corrected chi connectivity index (χ1v) is 5.88. The fourth-order valence-electron chi connectivity index (χ4n) is 1.51. The topological polar surface area (TPSA) is 46.5 Å². The molecule has 0 radical (unpaired) electrons. The van der Waals surface area contributed by atoms with Crippen LogP contribution in [0.25, 0.3) is 0 Å². The first-order valence-electron chi connectivity index (χ1n) is 5.09. The maximum atomic E-state index is 10.4. The zero-order valence-electron chi connectivity index (χ0n) is 9.42. The van der Waals surface area contributed by atoms with Crippen molar-refractivity contribution in [3.8, 4) is 5.75 Å². The number of carboxylic acids is 1. The molecule has 0 aliphatic carbocycles. The highest BCUT2D eigenvalue weighted by Gasteiger charge is 2.07. The SMILES string of the molecule is COc1cc(C)c(Br)cc1CCCC(=O)O. The Kier molecular flexibility index (Phi) is 4.80. The first-order chi connectivity index (χ1) is 7.54. The van der Waals surface area contributed by atoms with Gasteiger partial charge in [0.05, 0.1) is 7.11 Å². The normalized spacial score (nSPS) is 10.2. The number of halogens is 1. The zero-order valence-corrected chi connectivity index (χ0v) is 11.0. The monoisotopic (exact) mass is 286 g/mol. The second-order valence-electron chi connectivity index (χ2n) is 3.66. The van der Waals surface area contributed by atoms with E-state index in [1.807, 2.05) is 19.1 Å². The number of ether oxygens (including phenoxy) is 1. The number of methoxy groups -OCH3 is 1. The molecule has 0 unspecified atom stereocenters. The maximum Gasteiger partial charge on any atom is 0.303 e. The molecule has 16 heavy (non-hydrogen) atoms. The van der Waals surface area contributed by atoms with Gasteiger partial charge in [-0.15, -0.1) is 0 Å². The zero-order chi connectivity index (χ0) is 12.1. The van der Waals surface area contributed by atoms with E-state index in [1.165, 1.54) is 0 Å². The summed E-state index contributed by atoms with van der Waals surface area (Å²) in [6.07, 6.45) is 1.53. The molecule has 0 bridgehead atoms. The molecule has 0 aliphatic rings. The minimum absolute atomic E-state index is 0.189. The third-order valence-electron chi connectivity index (χ3n) is 2.40. The quantitative estimate of drug-likeness (QED) is 0.904. The lowest BCUT2D eigenvalue weighted by Crippen LogP contribution is -1.98. The minimum atomic E-state index is -0.759. The maximum absolute atomic E-state index is 10.4. The van der Waals surface area contributed by atoms with Crippen LogP contribution in [-0.2, 0) is 11.2 Å². The fraction of sp³-hybridized carbons (Fsp3) is 0.417. The Labute approximate surface area is 104 Å². The van der Waals surface area contributed by atoms with Gasteiger partial charge < -0.3 is 9.84 Å². The second kappa shape index (κ2) is 5.89. The van der Waals surface area contributed by atoms with E-state index in [9.17, 15) is 4.79 Å². The molecule has 0 saturated carbocycles. The van der Waals surface area contributed by atoms with E-state index in [0.717, 1.165) is 21.3 Å². The molecule has 0 heterocycles. The van der Waals surface area contributed by atoms with Crippen LogP contribution in [0, 0.1) is 6.92 Å². The summed E-state index contributed by atoms with van der Waals surface area (Å²) in [5.41, 5.74) is 2.15. The molecule has 4 heteroatoms. The third kappa shape index (κ3) is 3.52. The van der Waals surface area contributed by atoms with Crippen molar-refractivity contribution in [1.29, 1.82) is 0 Å². The van der Waals surface area contributed by atoms with Crippen molar-refractivity contribution in [2.45, 2.75) is 26.2 Å². The number of rotatable bonds is 5. The van der Waals surface area contributed by atoms with Gasteiger partial charge in [0.1, 0.15) is 5.75 Å². The smallest absolute Gasteiger partial charge is 0.303 e. The Morgan fingerprint density at radius 3 is 2.75 bits per heavy atom. The summed E-state index contributed by atoms with van der Waals surface area (Å²) in [7, 11) is 1.63. The lowest BCUT2D eigenvalue weighted by atomic mass is 10.1. The van der Waals surface area contributed by atoms with Crippen molar-refractivity contribution in [2.75, 3.05) is 7.11 Å². The molecule has 0 aliphatic heterocycles. The number of aliphatic carboxylic acids is 1. The summed E-state index contributed by atoms with van der Waals surface area (Å²) >= 11 is 3.46. The summed E-state index contributed by atoms with van der Waals surface area (Å²) in [6, 6.07) is 3.95. The number of hydrogen-bond donors (Lipinski definition) is 1. The van der Waals surface area contributed by atoms with Crippen molar-refractivity contribution >= 4 is 21.9 Å². The van der Waals surface area contributed by atoms with Crippen LogP contribution in [0.3, 0.4) is 0 Å². The number of carboxylic acid groups (broad SMARTS) is 1. The molecular weight excluding hydrogens is 272 g/mol. The Morgan fingerprint density at radius 2 is 2.19 bits per heavy atom. The summed E-state index contributed by atoms with van der Waals surface area (Å²) in [5.74, 6) is 0.0660. The van der Waals surface area contributed by atoms with E-state index >= 15 is 0 Å². The minimum Gasteiger partial charge on any atom is -0.496 e. The van der Waals surface area contributed by atoms with E-state index in [4.69, 9.17) is 9.84 Å². The summed E-state index contributed by atoms with van der Waals surface area (Å²) in [6.45, 7) is 1.99. The van der Waals surface area contributed by atoms with E-state index in [-0.39, 0.29) is 6.42 Å². The van der Waals surface area contributed by atoms with Crippen LogP contribution in [0.15, 0.2) is 16.6 Å². The molecule has 1 aromatic carbocycles. The van der Waals surface area contributed by atoms with Gasteiger partial charge in [-0.2, -0.15) is 0 Å². The van der Waals surface area contributed by atoms with Gasteiger partial charge in [-0.25, -0.2) is 0 Å². The van der Waals surface area contributed by atoms with E-state index in [2.05, 4.69) is 15.9 Å². The van der Waals surface area contributed by atoms with Crippen LogP contribution in [0.1, 0.15) is 24.0 Å². The molecule has 0 amide bonds. The lowest BCUT2D eigenvalue weighted by Gasteiger charge is -2.10. The van der Waals surface area contributed by atoms with Crippen molar-refractivity contribution in [1.82, 2.24) is 0 Å². The molecule has 88 valence electrons. The first kappa shape index (κ1) is 13.0. The van der Waals surface area contributed by atoms with Crippen molar-refractivity contribution in [2.24, 2.45) is 0 Å². The number of benzene rings is 1. The van der Waals surface area contributed by atoms with Gasteiger partial charge in [0.2, 0.25) is 0 Å². The molecule has 1 rings (SSSR count). The lowest BCUT2D eigenvalue weighted by molar-refractivity contribution is -0.137. The van der Waals surface area contributed by atoms with Crippen LogP contribution in [0.5, 0.6) is 5.75 Å². The van der Waals surface area contributed by atoms with Gasteiger partial charge in [-0.05, 0) is 43.0 Å². The average Bonchev–Trinajstić information content (AvgIpc) is 2.22. The molecule has 1 aromatic rings. The summed E-state index contributed by atoms with van der Waals surface area (Å²) in [4.78, 5) is 10.4. The Morgan fingerprint density at radius 1 is 1.50 bits per heavy atom. The van der Waals surface area contributed by atoms with Gasteiger partial charge in [-0.3, -0.25) is 4.79 Å². The standard InChI is InChI=1S/C12H15BrO3/c1-8-6-11(16-2)9(7-10(8)13)4-3-5-12(14)15/h6-7H,3-5H2,1-2H3,(H,14,15). The average molecular weight is 287 g/mol. The molecular formula is C12H15BrO3. The predicted molar refractivity (Wildman–Crippen MR) is 66.0 cm³/mol. The summed E-state index contributed by atoms with van der Waals surface area (Å²) in [5, 5.41) is 8.58. The van der Waals surface area contributed by atoms with Crippen molar-refractivity contribution in [3.63, 3.8) is 0 Å². The highest BCUT2D eigenvalue weighted by molar-refractivity contribution is 9.10. The van der Waals surface area contributed by atoms with Gasteiger partial charge >= 0.3 is 5.97 Å². The molecule has 0 atom stereocenters. The molecule has 0 spiro atoms. The number of carbonyl (C=O) groups is 1. The van der Waals surface area contributed by atoms with Gasteiger partial charge in [0.25, 0.3) is 0 Å². The van der Waals surface area contributed by atoms with Crippen LogP contribution in [-0.4, -0.2) is 18.2 Å². The van der Waals surface area contributed by atoms with Crippen LogP contribution in [0.2, 0.25) is 0 Å². The summed E-state index contributed by atoms with van der Waals surface area (Å²) < 4.78 is 6.30. The highest BCUT2D eigenvalue weighted by atomic mass is 79.9. The Balaban J connectivity index is 2.77. The van der Waals surface area contributed by atoms with Crippen LogP contribution >= 0.6 is 15.9 Å². The molecule has 0 fully saturated rings. The van der Waals surface area contributed by atoms with Crippen LogP contribution < -0.4 is 4.74 Å². The van der Waals surface area contributed by atoms with Gasteiger partial charge in [-0.1, -0.05) is 15.9 Å². The fourth-order valence-corrected chi connectivity index (χ4v) is 1.90. The number of aryl methyl sites for hydroxylation is 2. The van der Waals surface area contributed by atoms with Crippen LogP contribution in [0.4, 0.5) is 0 Å². The predicted octanol–water partition coefficient (Wildman–Crippen LogP) is 3.17.